The summed E-state index contributed by atoms with van der Waals surface area (Å²) in [6.45, 7) is 4.27. The topological polar surface area (TPSA) is 42.1 Å². The highest BCUT2D eigenvalue weighted by Crippen LogP contribution is 2.36. The molecule has 1 aliphatic rings. The molecule has 1 aromatic heterocycles. The molecule has 1 unspecified atom stereocenters. The molecule has 0 aliphatic heterocycles. The predicted octanol–water partition coefficient (Wildman–Crippen LogP) is 4.91. The minimum absolute atomic E-state index is 0.100. The van der Waals surface area contributed by atoms with Gasteiger partial charge in [0.1, 0.15) is 0 Å². The summed E-state index contributed by atoms with van der Waals surface area (Å²) in [4.78, 5) is 15.7. The van der Waals surface area contributed by atoms with E-state index in [1.165, 1.54) is 24.1 Å². The van der Waals surface area contributed by atoms with E-state index in [-0.39, 0.29) is 11.3 Å². The van der Waals surface area contributed by atoms with Gasteiger partial charge in [-0.3, -0.25) is 0 Å². The lowest BCUT2D eigenvalue weighted by atomic mass is 9.93. The number of fused-ring (bicyclic) bond motifs is 3. The Hall–Kier alpha value is -1.48. The summed E-state index contributed by atoms with van der Waals surface area (Å²) < 4.78 is 5.17. The molecule has 0 fully saturated rings. The first kappa shape index (κ1) is 15.4. The minimum atomic E-state index is -0.267. The fraction of sp³-hybridized carbons (Fsp3) is 0.500. The summed E-state index contributed by atoms with van der Waals surface area (Å²) in [7, 11) is 0. The molecule has 0 spiro atoms. The van der Waals surface area contributed by atoms with Crippen LogP contribution in [-0.2, 0) is 17.6 Å². The monoisotopic (exact) mass is 319 g/mol. The number of hydrogen-bond donors (Lipinski definition) is 1. The van der Waals surface area contributed by atoms with E-state index in [0.717, 1.165) is 35.7 Å². The van der Waals surface area contributed by atoms with Crippen molar-refractivity contribution in [1.29, 1.82) is 0 Å². The van der Waals surface area contributed by atoms with E-state index in [1.807, 2.05) is 19.1 Å². The smallest absolute Gasteiger partial charge is 0.338 e. The maximum Gasteiger partial charge on any atom is 0.338 e. The first-order valence-corrected chi connectivity index (χ1v) is 8.57. The van der Waals surface area contributed by atoms with Crippen LogP contribution in [0.5, 0.6) is 0 Å². The Bertz CT molecular complexity index is 705. The van der Waals surface area contributed by atoms with Crippen molar-refractivity contribution in [3.05, 3.63) is 34.5 Å². The second kappa shape index (κ2) is 6.33. The Morgan fingerprint density at radius 1 is 1.32 bits per heavy atom. The fourth-order valence-electron chi connectivity index (χ4n) is 3.33. The quantitative estimate of drug-likeness (QED) is 0.642. The molecule has 1 aliphatic carbocycles. The van der Waals surface area contributed by atoms with E-state index < -0.39 is 0 Å². The van der Waals surface area contributed by atoms with Crippen LogP contribution in [0.25, 0.3) is 10.9 Å². The molecule has 0 amide bonds. The molecular weight excluding hydrogens is 298 g/mol. The van der Waals surface area contributed by atoms with E-state index in [4.69, 9.17) is 16.3 Å². The number of nitrogens with one attached hydrogen (secondary N) is 1. The Labute approximate surface area is 136 Å². The zero-order valence-electron chi connectivity index (χ0n) is 13.2. The number of aromatic amines is 1. The van der Waals surface area contributed by atoms with Crippen LogP contribution < -0.4 is 0 Å². The maximum atomic E-state index is 12.2. The third-order valence-electron chi connectivity index (χ3n) is 4.44. The predicted molar refractivity (Wildman–Crippen MR) is 89.8 cm³/mol. The van der Waals surface area contributed by atoms with Gasteiger partial charge in [0, 0.05) is 11.1 Å². The standard InChI is InChI=1S/C18H22ClNO2/c1-3-15(19)14-10-11(18(21)22-4-2)9-13-12-7-5-6-8-16(12)20-17(13)14/h9-10,15,20H,3-8H2,1-2H3. The molecule has 22 heavy (non-hydrogen) atoms. The van der Waals surface area contributed by atoms with Crippen LogP contribution in [0.2, 0.25) is 0 Å². The van der Waals surface area contributed by atoms with E-state index >= 15 is 0 Å². The van der Waals surface area contributed by atoms with Crippen LogP contribution in [0.4, 0.5) is 0 Å². The Morgan fingerprint density at radius 3 is 2.82 bits per heavy atom. The third kappa shape index (κ3) is 2.63. The van der Waals surface area contributed by atoms with Crippen molar-refractivity contribution in [2.75, 3.05) is 6.61 Å². The SMILES string of the molecule is CCOC(=O)c1cc(C(Cl)CC)c2[nH]c3c(c2c1)CCCC3. The number of benzene rings is 1. The van der Waals surface area contributed by atoms with Gasteiger partial charge in [-0.25, -0.2) is 4.79 Å². The van der Waals surface area contributed by atoms with E-state index in [0.29, 0.717) is 12.2 Å². The van der Waals surface area contributed by atoms with Crippen molar-refractivity contribution < 1.29 is 9.53 Å². The van der Waals surface area contributed by atoms with Gasteiger partial charge >= 0.3 is 5.97 Å². The number of aromatic nitrogens is 1. The summed E-state index contributed by atoms with van der Waals surface area (Å²) in [6, 6.07) is 3.86. The van der Waals surface area contributed by atoms with Crippen molar-refractivity contribution in [3.63, 3.8) is 0 Å². The van der Waals surface area contributed by atoms with Gasteiger partial charge in [-0.2, -0.15) is 0 Å². The van der Waals surface area contributed by atoms with Gasteiger partial charge in [0.15, 0.2) is 0 Å². The summed E-state index contributed by atoms with van der Waals surface area (Å²) in [6.07, 6.45) is 5.40. The Kier molecular flexibility index (Phi) is 4.44. The van der Waals surface area contributed by atoms with Crippen LogP contribution in [0, 0.1) is 0 Å². The molecule has 2 aromatic rings. The van der Waals surface area contributed by atoms with Gasteiger partial charge in [-0.05, 0) is 62.3 Å². The summed E-state index contributed by atoms with van der Waals surface area (Å²) in [5.41, 5.74) is 5.38. The number of halogens is 1. The lowest BCUT2D eigenvalue weighted by Crippen LogP contribution is -2.06. The summed E-state index contributed by atoms with van der Waals surface area (Å²) >= 11 is 6.51. The van der Waals surface area contributed by atoms with E-state index in [1.54, 1.807) is 0 Å². The fourth-order valence-corrected chi connectivity index (χ4v) is 3.50. The lowest BCUT2D eigenvalue weighted by molar-refractivity contribution is 0.0526. The molecule has 0 bridgehead atoms. The molecule has 4 heteroatoms. The molecule has 1 aromatic carbocycles. The second-order valence-electron chi connectivity index (χ2n) is 5.87. The molecule has 3 nitrogen and oxygen atoms in total. The van der Waals surface area contributed by atoms with Gasteiger partial charge in [0.2, 0.25) is 0 Å². The number of carbonyl (C=O) groups excluding carboxylic acids is 1. The van der Waals surface area contributed by atoms with Gasteiger partial charge in [0.05, 0.1) is 23.1 Å². The Morgan fingerprint density at radius 2 is 2.09 bits per heavy atom. The number of esters is 1. The molecule has 0 saturated heterocycles. The first-order valence-electron chi connectivity index (χ1n) is 8.14. The highest BCUT2D eigenvalue weighted by molar-refractivity contribution is 6.22. The van der Waals surface area contributed by atoms with E-state index in [2.05, 4.69) is 11.9 Å². The molecule has 0 saturated carbocycles. The highest BCUT2D eigenvalue weighted by Gasteiger charge is 2.22. The van der Waals surface area contributed by atoms with Crippen molar-refractivity contribution in [2.45, 2.75) is 51.3 Å². The highest BCUT2D eigenvalue weighted by atomic mass is 35.5. The minimum Gasteiger partial charge on any atom is -0.462 e. The van der Waals surface area contributed by atoms with Crippen LogP contribution in [0.3, 0.4) is 0 Å². The van der Waals surface area contributed by atoms with Crippen LogP contribution >= 0.6 is 11.6 Å². The number of H-pyrrole nitrogens is 1. The molecule has 0 radical (unpaired) electrons. The van der Waals surface area contributed by atoms with Crippen molar-refractivity contribution >= 4 is 28.5 Å². The molecular formula is C18H22ClNO2. The largest absolute Gasteiger partial charge is 0.462 e. The van der Waals surface area contributed by atoms with Crippen LogP contribution in [0.1, 0.15) is 65.7 Å². The van der Waals surface area contributed by atoms with Gasteiger partial charge < -0.3 is 9.72 Å². The summed E-state index contributed by atoms with van der Waals surface area (Å²) in [5, 5.41) is 1.05. The van der Waals surface area contributed by atoms with Crippen molar-refractivity contribution in [3.8, 4) is 0 Å². The lowest BCUT2D eigenvalue weighted by Gasteiger charge is -2.12. The number of carbonyl (C=O) groups is 1. The van der Waals surface area contributed by atoms with Crippen molar-refractivity contribution in [1.82, 2.24) is 4.98 Å². The zero-order valence-corrected chi connectivity index (χ0v) is 13.9. The third-order valence-corrected chi connectivity index (χ3v) is 4.99. The van der Waals surface area contributed by atoms with Crippen molar-refractivity contribution in [2.24, 2.45) is 0 Å². The van der Waals surface area contributed by atoms with Crippen LogP contribution in [-0.4, -0.2) is 17.6 Å². The summed E-state index contributed by atoms with van der Waals surface area (Å²) in [5.74, 6) is -0.267. The second-order valence-corrected chi connectivity index (χ2v) is 6.40. The number of alkyl halides is 1. The molecule has 118 valence electrons. The van der Waals surface area contributed by atoms with Gasteiger partial charge in [0.25, 0.3) is 0 Å². The zero-order chi connectivity index (χ0) is 15.7. The van der Waals surface area contributed by atoms with E-state index in [9.17, 15) is 4.79 Å². The van der Waals surface area contributed by atoms with Crippen LogP contribution in [0.15, 0.2) is 12.1 Å². The number of aryl methyl sites for hydroxylation is 2. The molecule has 1 atom stereocenters. The average Bonchev–Trinajstić information content (AvgIpc) is 2.92. The first-order chi connectivity index (χ1) is 10.7. The number of ether oxygens (including phenoxy) is 1. The normalized spacial score (nSPS) is 15.6. The number of rotatable bonds is 4. The molecule has 3 rings (SSSR count). The Balaban J connectivity index is 2.20. The van der Waals surface area contributed by atoms with Gasteiger partial charge in [-0.15, -0.1) is 11.6 Å². The van der Waals surface area contributed by atoms with Gasteiger partial charge in [-0.1, -0.05) is 6.92 Å². The maximum absolute atomic E-state index is 12.2. The number of hydrogen-bond acceptors (Lipinski definition) is 2. The average molecular weight is 320 g/mol. The molecule has 1 heterocycles. The molecule has 1 N–H and O–H groups in total.